The maximum absolute atomic E-state index is 5.61. The minimum atomic E-state index is 0.764. The van der Waals surface area contributed by atoms with Crippen LogP contribution in [0.4, 0.5) is 0 Å². The second kappa shape index (κ2) is 8.46. The van der Waals surface area contributed by atoms with Crippen LogP contribution in [0.1, 0.15) is 11.1 Å². The molecule has 2 heteroatoms. The molecule has 0 amide bonds. The lowest BCUT2D eigenvalue weighted by atomic mass is 10.2. The summed E-state index contributed by atoms with van der Waals surface area (Å²) < 4.78 is 5.61. The molecular formula is C17H21NO. The van der Waals surface area contributed by atoms with Crippen molar-refractivity contribution in [2.75, 3.05) is 19.8 Å². The first kappa shape index (κ1) is 13.8. The Labute approximate surface area is 115 Å². The standard InChI is InChI=1S/C17H21NO/c1-3-7-16(8-4-1)11-13-19-14-12-18-15-17-9-5-2-6-10-17/h1-10,18H,11-15H2. The Morgan fingerprint density at radius 3 is 2.05 bits per heavy atom. The molecule has 0 fully saturated rings. The van der Waals surface area contributed by atoms with Crippen molar-refractivity contribution in [1.82, 2.24) is 5.32 Å². The monoisotopic (exact) mass is 255 g/mol. The van der Waals surface area contributed by atoms with E-state index in [0.29, 0.717) is 0 Å². The number of benzene rings is 2. The average Bonchev–Trinajstić information content (AvgIpc) is 2.48. The Kier molecular flexibility index (Phi) is 6.14. The third kappa shape index (κ3) is 5.69. The first-order chi connectivity index (χ1) is 9.45. The van der Waals surface area contributed by atoms with Gasteiger partial charge in [0.05, 0.1) is 13.2 Å². The van der Waals surface area contributed by atoms with E-state index in [1.807, 2.05) is 12.1 Å². The molecule has 0 saturated carbocycles. The summed E-state index contributed by atoms with van der Waals surface area (Å²) in [6.07, 6.45) is 0.986. The number of hydrogen-bond acceptors (Lipinski definition) is 2. The van der Waals surface area contributed by atoms with Gasteiger partial charge in [0.1, 0.15) is 0 Å². The Morgan fingerprint density at radius 2 is 1.37 bits per heavy atom. The van der Waals surface area contributed by atoms with Crippen molar-refractivity contribution in [2.24, 2.45) is 0 Å². The van der Waals surface area contributed by atoms with E-state index < -0.39 is 0 Å². The topological polar surface area (TPSA) is 21.3 Å². The van der Waals surface area contributed by atoms with E-state index in [4.69, 9.17) is 4.74 Å². The Morgan fingerprint density at radius 1 is 0.737 bits per heavy atom. The molecule has 0 aliphatic rings. The molecule has 0 aliphatic heterocycles. The summed E-state index contributed by atoms with van der Waals surface area (Å²) in [6.45, 7) is 3.35. The molecular weight excluding hydrogens is 234 g/mol. The van der Waals surface area contributed by atoms with E-state index in [-0.39, 0.29) is 0 Å². The molecule has 0 saturated heterocycles. The molecule has 1 N–H and O–H groups in total. The van der Waals surface area contributed by atoms with E-state index >= 15 is 0 Å². The van der Waals surface area contributed by atoms with Crippen LogP contribution in [0.25, 0.3) is 0 Å². The fourth-order valence-electron chi connectivity index (χ4n) is 1.91. The molecule has 0 heterocycles. The minimum absolute atomic E-state index is 0.764. The maximum atomic E-state index is 5.61. The van der Waals surface area contributed by atoms with Crippen molar-refractivity contribution >= 4 is 0 Å². The van der Waals surface area contributed by atoms with Crippen LogP contribution < -0.4 is 5.32 Å². The van der Waals surface area contributed by atoms with Gasteiger partial charge in [-0.3, -0.25) is 0 Å². The number of nitrogens with one attached hydrogen (secondary N) is 1. The zero-order chi connectivity index (χ0) is 13.2. The lowest BCUT2D eigenvalue weighted by Gasteiger charge is -2.06. The zero-order valence-corrected chi connectivity index (χ0v) is 11.2. The number of ether oxygens (including phenoxy) is 1. The van der Waals surface area contributed by atoms with Gasteiger partial charge in [0, 0.05) is 13.1 Å². The summed E-state index contributed by atoms with van der Waals surface area (Å²) >= 11 is 0. The normalized spacial score (nSPS) is 10.5. The average molecular weight is 255 g/mol. The van der Waals surface area contributed by atoms with Crippen LogP contribution in [-0.2, 0) is 17.7 Å². The van der Waals surface area contributed by atoms with Crippen LogP contribution in [0.5, 0.6) is 0 Å². The third-order valence-electron chi connectivity index (χ3n) is 2.97. The van der Waals surface area contributed by atoms with Gasteiger partial charge >= 0.3 is 0 Å². The second-order valence-corrected chi connectivity index (χ2v) is 4.51. The summed E-state index contributed by atoms with van der Waals surface area (Å²) in [5.41, 5.74) is 2.64. The van der Waals surface area contributed by atoms with Crippen molar-refractivity contribution < 1.29 is 4.74 Å². The van der Waals surface area contributed by atoms with E-state index in [9.17, 15) is 0 Å². The summed E-state index contributed by atoms with van der Waals surface area (Å²) in [5.74, 6) is 0. The van der Waals surface area contributed by atoms with Gasteiger partial charge in [-0.2, -0.15) is 0 Å². The van der Waals surface area contributed by atoms with Gasteiger partial charge in [-0.15, -0.1) is 0 Å². The smallest absolute Gasteiger partial charge is 0.0591 e. The van der Waals surface area contributed by atoms with Crippen LogP contribution in [0, 0.1) is 0 Å². The predicted octanol–water partition coefficient (Wildman–Crippen LogP) is 3.04. The first-order valence-electron chi connectivity index (χ1n) is 6.81. The molecule has 2 aromatic carbocycles. The second-order valence-electron chi connectivity index (χ2n) is 4.51. The summed E-state index contributed by atoms with van der Waals surface area (Å²) in [6, 6.07) is 20.9. The third-order valence-corrected chi connectivity index (χ3v) is 2.97. The van der Waals surface area contributed by atoms with Crippen LogP contribution in [-0.4, -0.2) is 19.8 Å². The molecule has 0 bridgehead atoms. The van der Waals surface area contributed by atoms with Crippen molar-refractivity contribution in [2.45, 2.75) is 13.0 Å². The molecule has 0 spiro atoms. The summed E-state index contributed by atoms with van der Waals surface area (Å²) in [4.78, 5) is 0. The van der Waals surface area contributed by atoms with E-state index in [1.165, 1.54) is 11.1 Å². The molecule has 19 heavy (non-hydrogen) atoms. The van der Waals surface area contributed by atoms with E-state index in [1.54, 1.807) is 0 Å². The van der Waals surface area contributed by atoms with Gasteiger partial charge in [0.15, 0.2) is 0 Å². The van der Waals surface area contributed by atoms with Crippen LogP contribution >= 0.6 is 0 Å². The molecule has 100 valence electrons. The highest BCUT2D eigenvalue weighted by atomic mass is 16.5. The summed E-state index contributed by atoms with van der Waals surface area (Å²) in [5, 5.41) is 3.38. The highest BCUT2D eigenvalue weighted by molar-refractivity contribution is 5.15. The van der Waals surface area contributed by atoms with Crippen molar-refractivity contribution in [1.29, 1.82) is 0 Å². The zero-order valence-electron chi connectivity index (χ0n) is 11.2. The van der Waals surface area contributed by atoms with Crippen molar-refractivity contribution in [3.63, 3.8) is 0 Å². The Bertz CT molecular complexity index is 398. The largest absolute Gasteiger partial charge is 0.380 e. The molecule has 2 nitrogen and oxygen atoms in total. The Balaban J connectivity index is 1.49. The molecule has 0 aromatic heterocycles. The number of hydrogen-bond donors (Lipinski definition) is 1. The van der Waals surface area contributed by atoms with Crippen LogP contribution in [0.15, 0.2) is 60.7 Å². The van der Waals surface area contributed by atoms with Crippen LogP contribution in [0.2, 0.25) is 0 Å². The molecule has 0 atom stereocenters. The SMILES string of the molecule is c1ccc(CCOCCNCc2ccccc2)cc1. The van der Waals surface area contributed by atoms with Gasteiger partial charge in [0.2, 0.25) is 0 Å². The van der Waals surface area contributed by atoms with E-state index in [2.05, 4.69) is 53.8 Å². The van der Waals surface area contributed by atoms with Crippen molar-refractivity contribution in [3.05, 3.63) is 71.8 Å². The lowest BCUT2D eigenvalue weighted by molar-refractivity contribution is 0.139. The van der Waals surface area contributed by atoms with Gasteiger partial charge in [0.25, 0.3) is 0 Å². The molecule has 0 unspecified atom stereocenters. The maximum Gasteiger partial charge on any atom is 0.0591 e. The predicted molar refractivity (Wildman–Crippen MR) is 79.1 cm³/mol. The number of rotatable bonds is 8. The highest BCUT2D eigenvalue weighted by Gasteiger charge is 1.93. The molecule has 0 aliphatic carbocycles. The summed E-state index contributed by atoms with van der Waals surface area (Å²) in [7, 11) is 0. The van der Waals surface area contributed by atoms with Crippen LogP contribution in [0.3, 0.4) is 0 Å². The lowest BCUT2D eigenvalue weighted by Crippen LogP contribution is -2.19. The van der Waals surface area contributed by atoms with Gasteiger partial charge < -0.3 is 10.1 Å². The first-order valence-corrected chi connectivity index (χ1v) is 6.81. The molecule has 2 aromatic rings. The van der Waals surface area contributed by atoms with Gasteiger partial charge in [-0.05, 0) is 17.5 Å². The molecule has 0 radical (unpaired) electrons. The molecule has 2 rings (SSSR count). The fraction of sp³-hybridized carbons (Fsp3) is 0.294. The van der Waals surface area contributed by atoms with Gasteiger partial charge in [-0.1, -0.05) is 60.7 Å². The minimum Gasteiger partial charge on any atom is -0.380 e. The fourth-order valence-corrected chi connectivity index (χ4v) is 1.91. The van der Waals surface area contributed by atoms with Gasteiger partial charge in [-0.25, -0.2) is 0 Å². The van der Waals surface area contributed by atoms with E-state index in [0.717, 1.165) is 32.7 Å². The highest BCUT2D eigenvalue weighted by Crippen LogP contribution is 1.99. The quantitative estimate of drug-likeness (QED) is 0.732. The van der Waals surface area contributed by atoms with Crippen molar-refractivity contribution in [3.8, 4) is 0 Å². The Hall–Kier alpha value is -1.64.